The minimum Gasteiger partial charge on any atom is -0.312 e. The molecule has 1 fully saturated rings. The monoisotopic (exact) mass is 246 g/mol. The topological polar surface area (TPSA) is 15.3 Å². The molecule has 0 aliphatic heterocycles. The molecule has 0 amide bonds. The summed E-state index contributed by atoms with van der Waals surface area (Å²) in [5.41, 5.74) is 4.19. The van der Waals surface area contributed by atoms with Crippen LogP contribution in [0.2, 0.25) is 0 Å². The van der Waals surface area contributed by atoms with E-state index in [1.54, 1.807) is 0 Å². The minimum absolute atomic E-state index is 0.449. The largest absolute Gasteiger partial charge is 0.312 e. The van der Waals surface area contributed by atoms with Crippen molar-refractivity contribution in [3.8, 4) is 0 Å². The van der Waals surface area contributed by atoms with Gasteiger partial charge in [-0.05, 0) is 57.0 Å². The Morgan fingerprint density at radius 1 is 1.28 bits per heavy atom. The number of hydrogen-bond acceptors (Lipinski definition) is 2. The van der Waals surface area contributed by atoms with Gasteiger partial charge in [-0.15, -0.1) is 0 Å². The molecule has 1 aromatic rings. The van der Waals surface area contributed by atoms with Gasteiger partial charge in [-0.1, -0.05) is 25.1 Å². The van der Waals surface area contributed by atoms with Crippen molar-refractivity contribution in [2.45, 2.75) is 45.7 Å². The van der Waals surface area contributed by atoms with Gasteiger partial charge in [-0.3, -0.25) is 4.90 Å². The highest BCUT2D eigenvalue weighted by Crippen LogP contribution is 2.28. The van der Waals surface area contributed by atoms with Gasteiger partial charge in [0.05, 0.1) is 0 Å². The highest BCUT2D eigenvalue weighted by molar-refractivity contribution is 5.31. The number of nitrogens with one attached hydrogen (secondary N) is 1. The molecule has 0 radical (unpaired) electrons. The fraction of sp³-hybridized carbons (Fsp3) is 0.625. The van der Waals surface area contributed by atoms with Crippen LogP contribution in [0.1, 0.15) is 42.5 Å². The molecule has 2 rings (SSSR count). The molecular weight excluding hydrogens is 220 g/mol. The smallest absolute Gasteiger partial charge is 0.0447 e. The molecule has 1 N–H and O–H groups in total. The lowest BCUT2D eigenvalue weighted by molar-refractivity contribution is 0.248. The summed E-state index contributed by atoms with van der Waals surface area (Å²) >= 11 is 0. The summed E-state index contributed by atoms with van der Waals surface area (Å²) in [7, 11) is 2.07. The molecule has 100 valence electrons. The van der Waals surface area contributed by atoms with E-state index in [1.165, 1.54) is 29.5 Å². The Bertz CT molecular complexity index is 396. The number of nitrogens with zero attached hydrogens (tertiary/aromatic N) is 1. The van der Waals surface area contributed by atoms with Crippen molar-refractivity contribution in [3.05, 3.63) is 34.9 Å². The van der Waals surface area contributed by atoms with Crippen LogP contribution >= 0.6 is 0 Å². The predicted octanol–water partition coefficient (Wildman–Crippen LogP) is 3.05. The maximum absolute atomic E-state index is 3.47. The lowest BCUT2D eigenvalue weighted by Crippen LogP contribution is -2.35. The first-order chi connectivity index (χ1) is 8.65. The maximum atomic E-state index is 3.47. The molecule has 1 saturated carbocycles. The van der Waals surface area contributed by atoms with E-state index in [0.29, 0.717) is 6.04 Å². The van der Waals surface area contributed by atoms with Crippen LogP contribution < -0.4 is 5.32 Å². The van der Waals surface area contributed by atoms with E-state index < -0.39 is 0 Å². The molecule has 0 aromatic heterocycles. The number of likely N-dealkylation sites (N-methyl/N-ethyl adjacent to an activating group) is 2. The highest BCUT2D eigenvalue weighted by atomic mass is 15.2. The summed E-state index contributed by atoms with van der Waals surface area (Å²) in [6, 6.07) is 8.13. The van der Waals surface area contributed by atoms with E-state index in [2.05, 4.69) is 56.2 Å². The minimum atomic E-state index is 0.449. The number of rotatable bonds is 6. The third-order valence-corrected chi connectivity index (χ3v) is 4.17. The van der Waals surface area contributed by atoms with Crippen molar-refractivity contribution < 1.29 is 0 Å². The molecular formula is C16H26N2. The van der Waals surface area contributed by atoms with E-state index in [9.17, 15) is 0 Å². The van der Waals surface area contributed by atoms with Crippen LogP contribution in [0.3, 0.4) is 0 Å². The molecule has 0 heterocycles. The van der Waals surface area contributed by atoms with Gasteiger partial charge in [0.2, 0.25) is 0 Å². The van der Waals surface area contributed by atoms with Crippen molar-refractivity contribution >= 4 is 0 Å². The van der Waals surface area contributed by atoms with Crippen LogP contribution in [0.25, 0.3) is 0 Å². The molecule has 0 saturated heterocycles. The zero-order chi connectivity index (χ0) is 13.1. The Balaban J connectivity index is 2.08. The lowest BCUT2D eigenvalue weighted by atomic mass is 10.0. The van der Waals surface area contributed by atoms with E-state index in [1.807, 2.05) is 0 Å². The van der Waals surface area contributed by atoms with E-state index in [-0.39, 0.29) is 0 Å². The third kappa shape index (κ3) is 3.12. The Hall–Kier alpha value is -0.860. The quantitative estimate of drug-likeness (QED) is 0.830. The van der Waals surface area contributed by atoms with Gasteiger partial charge in [0.15, 0.2) is 0 Å². The molecule has 1 aromatic carbocycles. The van der Waals surface area contributed by atoms with Gasteiger partial charge in [-0.25, -0.2) is 0 Å². The van der Waals surface area contributed by atoms with Gasteiger partial charge in [0.1, 0.15) is 0 Å². The summed E-state index contributed by atoms with van der Waals surface area (Å²) in [6.45, 7) is 8.93. The second kappa shape index (κ2) is 5.85. The number of hydrogen-bond donors (Lipinski definition) is 1. The molecule has 1 atom stereocenters. The zero-order valence-electron chi connectivity index (χ0n) is 12.2. The van der Waals surface area contributed by atoms with Gasteiger partial charge in [-0.2, -0.15) is 0 Å². The molecule has 1 aliphatic carbocycles. The van der Waals surface area contributed by atoms with Crippen molar-refractivity contribution in [2.75, 3.05) is 20.1 Å². The molecule has 1 aliphatic rings. The Kier molecular flexibility index (Phi) is 4.41. The number of aryl methyl sites for hydroxylation is 2. The fourth-order valence-corrected chi connectivity index (χ4v) is 2.56. The van der Waals surface area contributed by atoms with Crippen LogP contribution in [-0.2, 0) is 0 Å². The summed E-state index contributed by atoms with van der Waals surface area (Å²) in [5, 5.41) is 3.47. The van der Waals surface area contributed by atoms with Crippen LogP contribution in [0.5, 0.6) is 0 Å². The summed E-state index contributed by atoms with van der Waals surface area (Å²) < 4.78 is 0. The second-order valence-corrected chi connectivity index (χ2v) is 5.50. The molecule has 2 nitrogen and oxygen atoms in total. The van der Waals surface area contributed by atoms with Gasteiger partial charge in [0, 0.05) is 18.6 Å². The predicted molar refractivity (Wildman–Crippen MR) is 78.0 cm³/mol. The maximum Gasteiger partial charge on any atom is 0.0447 e. The fourth-order valence-electron chi connectivity index (χ4n) is 2.56. The first kappa shape index (κ1) is 13.6. The third-order valence-electron chi connectivity index (χ3n) is 4.17. The standard InChI is InChI=1S/C16H26N2/c1-5-18(15-8-9-15)11-16(17-4)14-7-6-12(2)13(3)10-14/h6-7,10,15-17H,5,8-9,11H2,1-4H3. The molecule has 18 heavy (non-hydrogen) atoms. The van der Waals surface area contributed by atoms with E-state index >= 15 is 0 Å². The van der Waals surface area contributed by atoms with E-state index in [0.717, 1.165) is 19.1 Å². The average molecular weight is 246 g/mol. The summed E-state index contributed by atoms with van der Waals surface area (Å²) in [5.74, 6) is 0. The Morgan fingerprint density at radius 2 is 2.00 bits per heavy atom. The highest BCUT2D eigenvalue weighted by Gasteiger charge is 2.29. The normalized spacial score (nSPS) is 17.2. The van der Waals surface area contributed by atoms with Crippen molar-refractivity contribution in [3.63, 3.8) is 0 Å². The second-order valence-electron chi connectivity index (χ2n) is 5.50. The van der Waals surface area contributed by atoms with Crippen LogP contribution in [0.4, 0.5) is 0 Å². The Morgan fingerprint density at radius 3 is 2.50 bits per heavy atom. The first-order valence-electron chi connectivity index (χ1n) is 7.14. The zero-order valence-corrected chi connectivity index (χ0v) is 12.2. The first-order valence-corrected chi connectivity index (χ1v) is 7.14. The van der Waals surface area contributed by atoms with Gasteiger partial charge < -0.3 is 5.32 Å². The molecule has 0 spiro atoms. The van der Waals surface area contributed by atoms with Crippen LogP contribution in [0, 0.1) is 13.8 Å². The van der Waals surface area contributed by atoms with Gasteiger partial charge in [0.25, 0.3) is 0 Å². The lowest BCUT2D eigenvalue weighted by Gasteiger charge is -2.27. The van der Waals surface area contributed by atoms with Crippen molar-refractivity contribution in [1.82, 2.24) is 10.2 Å². The Labute approximate surface area is 111 Å². The van der Waals surface area contributed by atoms with Crippen LogP contribution in [-0.4, -0.2) is 31.1 Å². The summed E-state index contributed by atoms with van der Waals surface area (Å²) in [6.07, 6.45) is 2.77. The van der Waals surface area contributed by atoms with Crippen molar-refractivity contribution in [1.29, 1.82) is 0 Å². The van der Waals surface area contributed by atoms with E-state index in [4.69, 9.17) is 0 Å². The molecule has 2 heteroatoms. The van der Waals surface area contributed by atoms with Gasteiger partial charge >= 0.3 is 0 Å². The van der Waals surface area contributed by atoms with Crippen LogP contribution in [0.15, 0.2) is 18.2 Å². The summed E-state index contributed by atoms with van der Waals surface area (Å²) in [4.78, 5) is 2.61. The SMILES string of the molecule is CCN(CC(NC)c1ccc(C)c(C)c1)C1CC1. The van der Waals surface area contributed by atoms with Crippen molar-refractivity contribution in [2.24, 2.45) is 0 Å². The average Bonchev–Trinajstić information content (AvgIpc) is 3.19. The number of benzene rings is 1. The molecule has 0 bridgehead atoms. The molecule has 1 unspecified atom stereocenters.